The zero-order chi connectivity index (χ0) is 46.4. The van der Waals surface area contributed by atoms with Crippen molar-refractivity contribution in [2.24, 2.45) is 29.4 Å². The third kappa shape index (κ3) is 13.5. The highest BCUT2D eigenvalue weighted by Crippen LogP contribution is 2.31. The van der Waals surface area contributed by atoms with Crippen LogP contribution in [0.5, 0.6) is 0 Å². The van der Waals surface area contributed by atoms with E-state index in [-0.39, 0.29) is 59.8 Å². The molecule has 0 saturated carbocycles. The van der Waals surface area contributed by atoms with Crippen LogP contribution in [-0.4, -0.2) is 153 Å². The molecule has 0 spiro atoms. The first-order valence-electron chi connectivity index (χ1n) is 22.2. The van der Waals surface area contributed by atoms with Gasteiger partial charge in [-0.1, -0.05) is 85.2 Å². The molecular weight excluding hydrogens is 809 g/mol. The van der Waals surface area contributed by atoms with Crippen molar-refractivity contribution in [3.8, 4) is 0 Å². The highest BCUT2D eigenvalue weighted by molar-refractivity contribution is 7.09. The molecular formula is C46H76N8O7S. The van der Waals surface area contributed by atoms with E-state index in [1.54, 1.807) is 38.6 Å². The lowest BCUT2D eigenvalue weighted by Gasteiger charge is -2.41. The van der Waals surface area contributed by atoms with Crippen molar-refractivity contribution in [2.45, 2.75) is 123 Å². The number of ether oxygens (including phenoxy) is 2. The second kappa shape index (κ2) is 24.8. The predicted octanol–water partition coefficient (Wildman–Crippen LogP) is 4.22. The maximum Gasteiger partial charge on any atom is 0.273 e. The predicted molar refractivity (Wildman–Crippen MR) is 244 cm³/mol. The molecule has 0 radical (unpaired) electrons. The summed E-state index contributed by atoms with van der Waals surface area (Å²) in [5.74, 6) is -1.95. The molecule has 2 heterocycles. The summed E-state index contributed by atoms with van der Waals surface area (Å²) in [5, 5.41) is 8.57. The maximum absolute atomic E-state index is 14.4. The summed E-state index contributed by atoms with van der Waals surface area (Å²) in [4.78, 5) is 81.1. The van der Waals surface area contributed by atoms with E-state index in [0.29, 0.717) is 43.2 Å². The Labute approximate surface area is 374 Å². The molecule has 1 aromatic heterocycles. The smallest absolute Gasteiger partial charge is 0.273 e. The molecule has 1 fully saturated rings. The van der Waals surface area contributed by atoms with Crippen LogP contribution in [-0.2, 0) is 35.1 Å². The summed E-state index contributed by atoms with van der Waals surface area (Å²) in [7, 11) is 10.3. The zero-order valence-corrected chi connectivity index (χ0v) is 40.4. The summed E-state index contributed by atoms with van der Waals surface area (Å²) in [6.45, 7) is 14.9. The number of methoxy groups -OCH3 is 2. The second-order valence-corrected chi connectivity index (χ2v) is 18.7. The molecule has 0 bridgehead atoms. The van der Waals surface area contributed by atoms with Gasteiger partial charge in [-0.15, -0.1) is 11.3 Å². The van der Waals surface area contributed by atoms with Crippen molar-refractivity contribution in [2.75, 3.05) is 62.0 Å². The van der Waals surface area contributed by atoms with Gasteiger partial charge in [0.25, 0.3) is 5.91 Å². The third-order valence-corrected chi connectivity index (χ3v) is 13.4. The molecule has 1 aliphatic heterocycles. The Morgan fingerprint density at radius 2 is 1.60 bits per heavy atom. The van der Waals surface area contributed by atoms with Crippen molar-refractivity contribution in [3.05, 3.63) is 52.0 Å². The average Bonchev–Trinajstić information content (AvgIpc) is 3.93. The summed E-state index contributed by atoms with van der Waals surface area (Å²) in [6, 6.07) is 7.22. The van der Waals surface area contributed by atoms with Crippen molar-refractivity contribution in [1.29, 1.82) is 0 Å². The van der Waals surface area contributed by atoms with E-state index in [0.717, 1.165) is 18.4 Å². The zero-order valence-electron chi connectivity index (χ0n) is 39.6. The number of hydrogen-bond acceptors (Lipinski definition) is 11. The van der Waals surface area contributed by atoms with Crippen molar-refractivity contribution < 1.29 is 33.4 Å². The summed E-state index contributed by atoms with van der Waals surface area (Å²) in [6.07, 6.45) is 1.30. The van der Waals surface area contributed by atoms with E-state index in [1.807, 2.05) is 103 Å². The molecule has 3 rings (SSSR count). The number of nitrogens with two attached hydrogens (primary N) is 1. The van der Waals surface area contributed by atoms with Gasteiger partial charge in [0.05, 0.1) is 48.7 Å². The van der Waals surface area contributed by atoms with Crippen LogP contribution in [0.3, 0.4) is 0 Å². The summed E-state index contributed by atoms with van der Waals surface area (Å²) >= 11 is 1.32. The Bertz CT molecular complexity index is 1730. The number of benzene rings is 1. The number of likely N-dealkylation sites (N-methyl/N-ethyl adjacent to an activating group) is 3. The monoisotopic (exact) mass is 885 g/mol. The van der Waals surface area contributed by atoms with E-state index in [1.165, 1.54) is 16.2 Å². The van der Waals surface area contributed by atoms with Crippen LogP contribution in [0.25, 0.3) is 0 Å². The number of thiazole rings is 1. The molecule has 15 nitrogen and oxygen atoms in total. The summed E-state index contributed by atoms with van der Waals surface area (Å²) < 4.78 is 12.1. The Hall–Kier alpha value is -3.96. The Morgan fingerprint density at radius 1 is 0.935 bits per heavy atom. The quantitative estimate of drug-likeness (QED) is 0.138. The van der Waals surface area contributed by atoms with Gasteiger partial charge in [-0.2, -0.15) is 0 Å². The Kier molecular flexibility index (Phi) is 20.9. The first-order valence-corrected chi connectivity index (χ1v) is 23.0. The lowest BCUT2D eigenvalue weighted by Crippen LogP contribution is -2.59. The van der Waals surface area contributed by atoms with Crippen LogP contribution in [0.15, 0.2) is 35.7 Å². The molecule has 0 aliphatic carbocycles. The molecule has 1 aliphatic rings. The highest BCUT2D eigenvalue weighted by atomic mass is 32.1. The van der Waals surface area contributed by atoms with Crippen LogP contribution in [0, 0.1) is 23.7 Å². The van der Waals surface area contributed by atoms with Crippen molar-refractivity contribution in [1.82, 2.24) is 35.2 Å². The van der Waals surface area contributed by atoms with Crippen LogP contribution >= 0.6 is 11.3 Å². The van der Waals surface area contributed by atoms with E-state index in [4.69, 9.17) is 15.2 Å². The van der Waals surface area contributed by atoms with Gasteiger partial charge in [0, 0.05) is 53.3 Å². The van der Waals surface area contributed by atoms with Crippen LogP contribution in [0.2, 0.25) is 0 Å². The number of carbonyl (C=O) groups is 5. The molecule has 4 N–H and O–H groups in total. The first kappa shape index (κ1) is 52.4. The van der Waals surface area contributed by atoms with Gasteiger partial charge >= 0.3 is 0 Å². The van der Waals surface area contributed by atoms with E-state index in [2.05, 4.69) is 15.6 Å². The molecule has 9 atom stereocenters. The Balaban J connectivity index is 1.83. The van der Waals surface area contributed by atoms with Crippen molar-refractivity contribution >= 4 is 40.9 Å². The first-order chi connectivity index (χ1) is 29.3. The van der Waals surface area contributed by atoms with Crippen molar-refractivity contribution in [3.63, 3.8) is 0 Å². The molecule has 2 unspecified atom stereocenters. The standard InChI is InChI=1S/C46H76N8O7S/c1-14-30(6)40(53(11)46(59)38(28(2)3)50-43(57)39(29(4)5)51(8)9)36(60-12)26-37(55)54-23-18-21-35(54)41(61-13)31(7)42(56)48-33(25-32-19-16-15-17-20-32)44-49-34(27-62-44)45(58)52(10)24-22-47/h15-17,19-20,27-31,33,35-36,38-41H,14,18,21-26,47H2,1-13H3,(H,48,56)(H,50,57)/t30-,31+,33?,35?,36+,38-,39-,40-,41+/m0/s1. The molecule has 1 saturated heterocycles. The number of aromatic nitrogens is 1. The number of amides is 5. The van der Waals surface area contributed by atoms with Crippen LogP contribution in [0.1, 0.15) is 101 Å². The number of nitrogens with zero attached hydrogens (tertiary/aromatic N) is 5. The molecule has 16 heteroatoms. The van der Waals surface area contributed by atoms with Crippen LogP contribution in [0.4, 0.5) is 0 Å². The minimum Gasteiger partial charge on any atom is -0.379 e. The lowest BCUT2D eigenvalue weighted by atomic mass is 9.89. The second-order valence-electron chi connectivity index (χ2n) is 17.8. The minimum absolute atomic E-state index is 0.0100. The van der Waals surface area contributed by atoms with Crippen LogP contribution < -0.4 is 16.4 Å². The van der Waals surface area contributed by atoms with Gasteiger partial charge in [0.1, 0.15) is 16.7 Å². The van der Waals surface area contributed by atoms with Gasteiger partial charge < -0.3 is 40.5 Å². The fourth-order valence-electron chi connectivity index (χ4n) is 8.80. The molecule has 62 heavy (non-hydrogen) atoms. The van der Waals surface area contributed by atoms with Gasteiger partial charge in [0.15, 0.2) is 0 Å². The average molecular weight is 885 g/mol. The number of carbonyl (C=O) groups excluding carboxylic acids is 5. The van der Waals surface area contributed by atoms with Gasteiger partial charge in [-0.25, -0.2) is 4.98 Å². The topological polar surface area (TPSA) is 180 Å². The number of nitrogens with one attached hydrogen (secondary N) is 2. The molecule has 348 valence electrons. The third-order valence-electron chi connectivity index (χ3n) is 12.4. The number of hydrogen-bond donors (Lipinski definition) is 3. The fourth-order valence-corrected chi connectivity index (χ4v) is 9.64. The van der Waals surface area contributed by atoms with Gasteiger partial charge in [0.2, 0.25) is 23.6 Å². The van der Waals surface area contributed by atoms with Gasteiger partial charge in [-0.3, -0.25) is 28.9 Å². The highest BCUT2D eigenvalue weighted by Gasteiger charge is 2.43. The van der Waals surface area contributed by atoms with E-state index < -0.39 is 42.3 Å². The minimum atomic E-state index is -0.776. The largest absolute Gasteiger partial charge is 0.379 e. The number of rotatable bonds is 24. The van der Waals surface area contributed by atoms with Gasteiger partial charge in [-0.05, 0) is 56.7 Å². The Morgan fingerprint density at radius 3 is 2.15 bits per heavy atom. The lowest BCUT2D eigenvalue weighted by molar-refractivity contribution is -0.148. The normalized spacial score (nSPS) is 18.1. The maximum atomic E-state index is 14.4. The molecule has 2 aromatic rings. The fraction of sp³-hybridized carbons (Fsp3) is 0.696. The SMILES string of the molecule is CC[C@H](C)[C@@H]([C@@H](CC(=O)N1CCCC1[C@H](OC)[C@@H](C)C(=O)NC(Cc1ccccc1)c1nc(C(=O)N(C)CCN)cs1)OC)N(C)C(=O)[C@@H](NC(=O)[C@H](C(C)C)N(C)C)C(C)C. The van der Waals surface area contributed by atoms with E-state index >= 15 is 0 Å². The molecule has 5 amide bonds. The van der Waals surface area contributed by atoms with E-state index in [9.17, 15) is 24.0 Å². The summed E-state index contributed by atoms with van der Waals surface area (Å²) in [5.41, 5.74) is 6.97. The molecule has 1 aromatic carbocycles. The number of likely N-dealkylation sites (tertiary alicyclic amines) is 1.